The fourth-order valence-corrected chi connectivity index (χ4v) is 2.79. The molecule has 1 aromatic rings. The molecule has 0 radical (unpaired) electrons. The summed E-state index contributed by atoms with van der Waals surface area (Å²) in [5.74, 6) is 5.63. The molecule has 3 nitrogen and oxygen atoms in total. The summed E-state index contributed by atoms with van der Waals surface area (Å²) in [5.41, 5.74) is 3.89. The fraction of sp³-hybridized carbons (Fsp3) is 0.538. The molecule has 100 valence electrons. The molecule has 0 bridgehead atoms. The SMILES string of the molecule is NNC(Cc1ccc(Cl)cc1Cl)C1CCCCO1. The Morgan fingerprint density at radius 2 is 2.22 bits per heavy atom. The van der Waals surface area contributed by atoms with Gasteiger partial charge in [-0.3, -0.25) is 11.3 Å². The molecule has 3 N–H and O–H groups in total. The average Bonchev–Trinajstić information content (AvgIpc) is 2.39. The van der Waals surface area contributed by atoms with Crippen LogP contribution >= 0.6 is 23.2 Å². The van der Waals surface area contributed by atoms with Crippen molar-refractivity contribution in [1.29, 1.82) is 0 Å². The zero-order valence-electron chi connectivity index (χ0n) is 10.2. The molecule has 0 saturated carbocycles. The average molecular weight is 289 g/mol. The van der Waals surface area contributed by atoms with Gasteiger partial charge in [-0.25, -0.2) is 0 Å². The van der Waals surface area contributed by atoms with Gasteiger partial charge in [0, 0.05) is 16.7 Å². The van der Waals surface area contributed by atoms with Crippen LogP contribution in [-0.2, 0) is 11.2 Å². The topological polar surface area (TPSA) is 47.3 Å². The molecule has 18 heavy (non-hydrogen) atoms. The van der Waals surface area contributed by atoms with Crippen LogP contribution in [0.2, 0.25) is 10.0 Å². The molecule has 1 heterocycles. The van der Waals surface area contributed by atoms with Crippen LogP contribution in [0.4, 0.5) is 0 Å². The third kappa shape index (κ3) is 3.59. The molecule has 2 unspecified atom stereocenters. The van der Waals surface area contributed by atoms with Crippen LogP contribution < -0.4 is 11.3 Å². The Hall–Kier alpha value is -0.320. The first-order chi connectivity index (χ1) is 8.70. The Balaban J connectivity index is 2.04. The maximum atomic E-state index is 6.18. The molecule has 2 atom stereocenters. The second-order valence-electron chi connectivity index (χ2n) is 4.62. The minimum atomic E-state index is 0.0870. The predicted octanol–water partition coefficient (Wildman–Crippen LogP) is 2.94. The van der Waals surface area contributed by atoms with Gasteiger partial charge in [-0.05, 0) is 43.4 Å². The molecule has 0 spiro atoms. The van der Waals surface area contributed by atoms with Crippen molar-refractivity contribution in [3.8, 4) is 0 Å². The van der Waals surface area contributed by atoms with Crippen LogP contribution in [0.1, 0.15) is 24.8 Å². The van der Waals surface area contributed by atoms with Gasteiger partial charge < -0.3 is 4.74 Å². The number of hydrogen-bond acceptors (Lipinski definition) is 3. The van der Waals surface area contributed by atoms with Crippen LogP contribution in [0.3, 0.4) is 0 Å². The zero-order chi connectivity index (χ0) is 13.0. The van der Waals surface area contributed by atoms with Gasteiger partial charge in [-0.1, -0.05) is 29.3 Å². The highest BCUT2D eigenvalue weighted by atomic mass is 35.5. The number of benzene rings is 1. The van der Waals surface area contributed by atoms with Crippen LogP contribution in [0.15, 0.2) is 18.2 Å². The monoisotopic (exact) mass is 288 g/mol. The van der Waals surface area contributed by atoms with E-state index in [9.17, 15) is 0 Å². The van der Waals surface area contributed by atoms with Crippen molar-refractivity contribution in [2.24, 2.45) is 5.84 Å². The summed E-state index contributed by atoms with van der Waals surface area (Å²) in [7, 11) is 0. The van der Waals surface area contributed by atoms with E-state index < -0.39 is 0 Å². The molecule has 0 aliphatic carbocycles. The molecule has 2 rings (SSSR count). The highest BCUT2D eigenvalue weighted by molar-refractivity contribution is 6.35. The van der Waals surface area contributed by atoms with E-state index in [1.165, 1.54) is 6.42 Å². The van der Waals surface area contributed by atoms with Gasteiger partial charge in [0.1, 0.15) is 0 Å². The summed E-state index contributed by atoms with van der Waals surface area (Å²) < 4.78 is 5.76. The maximum absolute atomic E-state index is 6.18. The van der Waals surface area contributed by atoms with Crippen molar-refractivity contribution in [2.75, 3.05) is 6.61 Å². The normalized spacial score (nSPS) is 21.8. The minimum Gasteiger partial charge on any atom is -0.377 e. The lowest BCUT2D eigenvalue weighted by atomic mass is 9.96. The van der Waals surface area contributed by atoms with Crippen molar-refractivity contribution in [2.45, 2.75) is 37.8 Å². The van der Waals surface area contributed by atoms with E-state index in [1.54, 1.807) is 6.07 Å². The number of hydrogen-bond donors (Lipinski definition) is 2. The van der Waals surface area contributed by atoms with Gasteiger partial charge in [-0.2, -0.15) is 0 Å². The van der Waals surface area contributed by atoms with Crippen LogP contribution in [-0.4, -0.2) is 18.8 Å². The third-order valence-corrected chi connectivity index (χ3v) is 3.92. The van der Waals surface area contributed by atoms with Crippen molar-refractivity contribution in [1.82, 2.24) is 5.43 Å². The number of rotatable bonds is 4. The van der Waals surface area contributed by atoms with E-state index >= 15 is 0 Å². The van der Waals surface area contributed by atoms with Crippen molar-refractivity contribution < 1.29 is 4.74 Å². The molecular formula is C13H18Cl2N2O. The summed E-state index contributed by atoms with van der Waals surface area (Å²) in [4.78, 5) is 0. The standard InChI is InChI=1S/C13H18Cl2N2O/c14-10-5-4-9(11(15)8-10)7-12(17-16)13-3-1-2-6-18-13/h4-5,8,12-13,17H,1-3,6-7,16H2. The third-order valence-electron chi connectivity index (χ3n) is 3.33. The van der Waals surface area contributed by atoms with Gasteiger partial charge in [-0.15, -0.1) is 0 Å². The number of halogens is 2. The maximum Gasteiger partial charge on any atom is 0.0744 e. The summed E-state index contributed by atoms with van der Waals surface area (Å²) >= 11 is 12.1. The molecule has 5 heteroatoms. The van der Waals surface area contributed by atoms with E-state index in [-0.39, 0.29) is 12.1 Å². The molecule has 1 saturated heterocycles. The lowest BCUT2D eigenvalue weighted by Gasteiger charge is -2.30. The van der Waals surface area contributed by atoms with Crippen LogP contribution in [0, 0.1) is 0 Å². The Kier molecular flexibility index (Phi) is 5.27. The molecule has 1 aliphatic rings. The molecule has 0 amide bonds. The highest BCUT2D eigenvalue weighted by Gasteiger charge is 2.24. The lowest BCUT2D eigenvalue weighted by Crippen LogP contribution is -2.47. The van der Waals surface area contributed by atoms with Gasteiger partial charge in [0.25, 0.3) is 0 Å². The number of nitrogens with one attached hydrogen (secondary N) is 1. The number of nitrogens with two attached hydrogens (primary N) is 1. The minimum absolute atomic E-state index is 0.0870. The molecular weight excluding hydrogens is 271 g/mol. The summed E-state index contributed by atoms with van der Waals surface area (Å²) in [6.07, 6.45) is 4.28. The van der Waals surface area contributed by atoms with E-state index in [0.717, 1.165) is 31.4 Å². The molecule has 0 aromatic heterocycles. The quantitative estimate of drug-likeness (QED) is 0.662. The van der Waals surface area contributed by atoms with E-state index in [0.29, 0.717) is 10.0 Å². The predicted molar refractivity (Wildman–Crippen MR) is 74.9 cm³/mol. The first kappa shape index (κ1) is 14.1. The Bertz CT molecular complexity index is 395. The molecule has 1 aromatic carbocycles. The van der Waals surface area contributed by atoms with Crippen LogP contribution in [0.25, 0.3) is 0 Å². The van der Waals surface area contributed by atoms with E-state index in [4.69, 9.17) is 33.8 Å². The Labute approximate surface area is 118 Å². The zero-order valence-corrected chi connectivity index (χ0v) is 11.7. The van der Waals surface area contributed by atoms with Gasteiger partial charge >= 0.3 is 0 Å². The van der Waals surface area contributed by atoms with Crippen molar-refractivity contribution >= 4 is 23.2 Å². The van der Waals surface area contributed by atoms with Gasteiger partial charge in [0.15, 0.2) is 0 Å². The van der Waals surface area contributed by atoms with Crippen molar-refractivity contribution in [3.63, 3.8) is 0 Å². The van der Waals surface area contributed by atoms with Gasteiger partial charge in [0.05, 0.1) is 12.1 Å². The number of hydrazine groups is 1. The van der Waals surface area contributed by atoms with E-state index in [2.05, 4.69) is 5.43 Å². The smallest absolute Gasteiger partial charge is 0.0744 e. The molecule has 1 fully saturated rings. The van der Waals surface area contributed by atoms with Gasteiger partial charge in [0.2, 0.25) is 0 Å². The summed E-state index contributed by atoms with van der Waals surface area (Å²) in [6, 6.07) is 5.63. The first-order valence-corrected chi connectivity index (χ1v) is 6.98. The second-order valence-corrected chi connectivity index (χ2v) is 5.46. The van der Waals surface area contributed by atoms with Crippen molar-refractivity contribution in [3.05, 3.63) is 33.8 Å². The summed E-state index contributed by atoms with van der Waals surface area (Å²) in [5, 5.41) is 1.33. The Morgan fingerprint density at radius 3 is 2.83 bits per heavy atom. The first-order valence-electron chi connectivity index (χ1n) is 6.22. The highest BCUT2D eigenvalue weighted by Crippen LogP contribution is 2.24. The van der Waals surface area contributed by atoms with E-state index in [1.807, 2.05) is 12.1 Å². The number of ether oxygens (including phenoxy) is 1. The largest absolute Gasteiger partial charge is 0.377 e. The molecule has 1 aliphatic heterocycles. The Morgan fingerprint density at radius 1 is 1.39 bits per heavy atom. The van der Waals surface area contributed by atoms with Crippen LogP contribution in [0.5, 0.6) is 0 Å². The second kappa shape index (κ2) is 6.73. The summed E-state index contributed by atoms with van der Waals surface area (Å²) in [6.45, 7) is 0.817. The fourth-order valence-electron chi connectivity index (χ4n) is 2.30. The lowest BCUT2D eigenvalue weighted by molar-refractivity contribution is -0.00743.